The molecule has 0 bridgehead atoms. The van der Waals surface area contributed by atoms with Gasteiger partial charge >= 0.3 is 0 Å². The number of rotatable bonds is 6. The molecule has 23 heavy (non-hydrogen) atoms. The van der Waals surface area contributed by atoms with E-state index in [1.807, 2.05) is 26.0 Å². The van der Waals surface area contributed by atoms with Gasteiger partial charge in [-0.3, -0.25) is 0 Å². The Hall–Kier alpha value is -1.83. The first-order chi connectivity index (χ1) is 11.0. The first-order valence-corrected chi connectivity index (χ1v) is 9.68. The fraction of sp³-hybridized carbons (Fsp3) is 0.600. The van der Waals surface area contributed by atoms with Crippen molar-refractivity contribution in [2.24, 2.45) is 4.99 Å². The van der Waals surface area contributed by atoms with Crippen molar-refractivity contribution in [3.05, 3.63) is 23.9 Å². The predicted molar refractivity (Wildman–Crippen MR) is 90.4 cm³/mol. The van der Waals surface area contributed by atoms with Gasteiger partial charge in [-0.15, -0.1) is 0 Å². The quantitative estimate of drug-likeness (QED) is 0.586. The van der Waals surface area contributed by atoms with Gasteiger partial charge < -0.3 is 15.4 Å². The zero-order valence-corrected chi connectivity index (χ0v) is 14.4. The number of aliphatic imine (C=N–C) groups is 1. The Labute approximate surface area is 137 Å². The van der Waals surface area contributed by atoms with Crippen LogP contribution in [0.15, 0.2) is 23.3 Å². The maximum atomic E-state index is 11.6. The highest BCUT2D eigenvalue weighted by atomic mass is 32.2. The molecule has 1 aliphatic heterocycles. The van der Waals surface area contributed by atoms with Crippen LogP contribution in [0, 0.1) is 0 Å². The number of aromatic nitrogens is 1. The first-order valence-electron chi connectivity index (χ1n) is 7.86. The lowest BCUT2D eigenvalue weighted by molar-refractivity contribution is 0.323. The van der Waals surface area contributed by atoms with Crippen LogP contribution in [-0.4, -0.2) is 50.1 Å². The van der Waals surface area contributed by atoms with E-state index in [9.17, 15) is 8.42 Å². The first kappa shape index (κ1) is 17.5. The molecule has 1 aliphatic rings. The lowest BCUT2D eigenvalue weighted by Crippen LogP contribution is -2.44. The maximum absolute atomic E-state index is 11.6. The molecule has 0 amide bonds. The summed E-state index contributed by atoms with van der Waals surface area (Å²) in [6.45, 7) is 5.55. The average Bonchev–Trinajstić information content (AvgIpc) is 2.85. The molecule has 1 aromatic heterocycles. The lowest BCUT2D eigenvalue weighted by atomic mass is 10.2. The van der Waals surface area contributed by atoms with Crippen molar-refractivity contribution >= 4 is 15.8 Å². The second kappa shape index (κ2) is 8.14. The highest BCUT2D eigenvalue weighted by Crippen LogP contribution is 2.15. The third-order valence-electron chi connectivity index (χ3n) is 3.46. The van der Waals surface area contributed by atoms with E-state index in [1.165, 1.54) is 0 Å². The topological polar surface area (TPSA) is 92.7 Å². The Bertz CT molecular complexity index is 646. The Balaban J connectivity index is 2.04. The Morgan fingerprint density at radius 2 is 2.30 bits per heavy atom. The zero-order chi connectivity index (χ0) is 16.7. The number of sulfone groups is 1. The molecular formula is C15H24N4O3S. The van der Waals surface area contributed by atoms with E-state index >= 15 is 0 Å². The summed E-state index contributed by atoms with van der Waals surface area (Å²) in [6.07, 6.45) is 2.30. The lowest BCUT2D eigenvalue weighted by Gasteiger charge is -2.16. The molecule has 0 spiro atoms. The van der Waals surface area contributed by atoms with Crippen molar-refractivity contribution < 1.29 is 13.2 Å². The Morgan fingerprint density at radius 3 is 2.96 bits per heavy atom. The monoisotopic (exact) mass is 340 g/mol. The van der Waals surface area contributed by atoms with Crippen LogP contribution >= 0.6 is 0 Å². The number of guanidine groups is 1. The van der Waals surface area contributed by atoms with Crippen LogP contribution in [0.1, 0.15) is 25.8 Å². The van der Waals surface area contributed by atoms with Gasteiger partial charge in [0.05, 0.1) is 24.7 Å². The molecule has 2 N–H and O–H groups in total. The summed E-state index contributed by atoms with van der Waals surface area (Å²) < 4.78 is 28.6. The minimum atomic E-state index is -2.91. The van der Waals surface area contributed by atoms with Gasteiger partial charge in [-0.25, -0.2) is 18.4 Å². The zero-order valence-electron chi connectivity index (χ0n) is 13.6. The van der Waals surface area contributed by atoms with E-state index in [0.29, 0.717) is 38.0 Å². The van der Waals surface area contributed by atoms with Crippen LogP contribution in [0.25, 0.3) is 0 Å². The second-order valence-electron chi connectivity index (χ2n) is 5.34. The molecule has 0 aliphatic carbocycles. The smallest absolute Gasteiger partial charge is 0.218 e. The number of hydrogen-bond acceptors (Lipinski definition) is 5. The minimum Gasteiger partial charge on any atom is -0.478 e. The largest absolute Gasteiger partial charge is 0.478 e. The number of hydrogen-bond donors (Lipinski definition) is 2. The van der Waals surface area contributed by atoms with Crippen molar-refractivity contribution in [3.8, 4) is 5.88 Å². The molecule has 1 unspecified atom stereocenters. The molecule has 2 heterocycles. The molecule has 8 heteroatoms. The molecule has 1 atom stereocenters. The predicted octanol–water partition coefficient (Wildman–Crippen LogP) is 0.723. The summed E-state index contributed by atoms with van der Waals surface area (Å²) in [5.74, 6) is 1.59. The molecule has 0 aromatic carbocycles. The van der Waals surface area contributed by atoms with Gasteiger partial charge in [0.15, 0.2) is 15.8 Å². The van der Waals surface area contributed by atoms with Gasteiger partial charge in [0.2, 0.25) is 5.88 Å². The third-order valence-corrected chi connectivity index (χ3v) is 5.22. The fourth-order valence-corrected chi connectivity index (χ4v) is 4.07. The number of ether oxygens (including phenoxy) is 1. The Morgan fingerprint density at radius 1 is 1.48 bits per heavy atom. The molecule has 128 valence electrons. The summed E-state index contributed by atoms with van der Waals surface area (Å²) in [6, 6.07) is 3.68. The molecule has 1 aromatic rings. The third kappa shape index (κ3) is 5.38. The summed E-state index contributed by atoms with van der Waals surface area (Å²) in [4.78, 5) is 8.72. The van der Waals surface area contributed by atoms with Crippen molar-refractivity contribution in [1.82, 2.24) is 15.6 Å². The summed E-state index contributed by atoms with van der Waals surface area (Å²) >= 11 is 0. The van der Waals surface area contributed by atoms with E-state index in [1.54, 1.807) is 6.20 Å². The molecule has 0 saturated carbocycles. The van der Waals surface area contributed by atoms with E-state index < -0.39 is 9.84 Å². The van der Waals surface area contributed by atoms with Crippen LogP contribution in [-0.2, 0) is 16.4 Å². The minimum absolute atomic E-state index is 0.0851. The molecular weight excluding hydrogens is 316 g/mol. The highest BCUT2D eigenvalue weighted by molar-refractivity contribution is 7.91. The highest BCUT2D eigenvalue weighted by Gasteiger charge is 2.28. The van der Waals surface area contributed by atoms with Gasteiger partial charge in [-0.1, -0.05) is 6.07 Å². The molecule has 0 radical (unpaired) electrons. The van der Waals surface area contributed by atoms with Crippen LogP contribution < -0.4 is 15.4 Å². The van der Waals surface area contributed by atoms with Gasteiger partial charge in [-0.2, -0.15) is 0 Å². The molecule has 7 nitrogen and oxygen atoms in total. The average molecular weight is 340 g/mol. The number of pyridine rings is 1. The van der Waals surface area contributed by atoms with Gasteiger partial charge in [0.25, 0.3) is 0 Å². The summed E-state index contributed by atoms with van der Waals surface area (Å²) in [5, 5.41) is 6.33. The second-order valence-corrected chi connectivity index (χ2v) is 7.57. The van der Waals surface area contributed by atoms with Crippen molar-refractivity contribution in [3.63, 3.8) is 0 Å². The SMILES string of the molecule is CCNC(=NCc1cccnc1OCC)NC1CCS(=O)(=O)C1. The van der Waals surface area contributed by atoms with Gasteiger partial charge in [-0.05, 0) is 26.3 Å². The molecule has 1 fully saturated rings. The van der Waals surface area contributed by atoms with Gasteiger partial charge in [0.1, 0.15) is 0 Å². The summed E-state index contributed by atoms with van der Waals surface area (Å²) in [5.41, 5.74) is 0.894. The normalized spacial score (nSPS) is 20.3. The van der Waals surface area contributed by atoms with E-state index in [2.05, 4.69) is 20.6 Å². The van der Waals surface area contributed by atoms with Crippen molar-refractivity contribution in [2.45, 2.75) is 32.9 Å². The fourth-order valence-electron chi connectivity index (χ4n) is 2.40. The van der Waals surface area contributed by atoms with E-state index in [0.717, 1.165) is 5.56 Å². The number of nitrogens with zero attached hydrogens (tertiary/aromatic N) is 2. The maximum Gasteiger partial charge on any atom is 0.218 e. The molecule has 1 saturated heterocycles. The van der Waals surface area contributed by atoms with E-state index in [4.69, 9.17) is 4.74 Å². The van der Waals surface area contributed by atoms with E-state index in [-0.39, 0.29) is 17.5 Å². The van der Waals surface area contributed by atoms with Crippen LogP contribution in [0.5, 0.6) is 5.88 Å². The standard InChI is InChI=1S/C15H24N4O3S/c1-3-16-15(19-13-7-9-23(20,21)11-13)18-10-12-6-5-8-17-14(12)22-4-2/h5-6,8,13H,3-4,7,9-11H2,1-2H3,(H2,16,18,19). The Kier molecular flexibility index (Phi) is 6.20. The van der Waals surface area contributed by atoms with Crippen LogP contribution in [0.4, 0.5) is 0 Å². The van der Waals surface area contributed by atoms with Gasteiger partial charge in [0, 0.05) is 24.3 Å². The van der Waals surface area contributed by atoms with Crippen molar-refractivity contribution in [1.29, 1.82) is 0 Å². The van der Waals surface area contributed by atoms with Crippen LogP contribution in [0.3, 0.4) is 0 Å². The number of nitrogens with one attached hydrogen (secondary N) is 2. The van der Waals surface area contributed by atoms with Crippen LogP contribution in [0.2, 0.25) is 0 Å². The summed E-state index contributed by atoms with van der Waals surface area (Å²) in [7, 11) is -2.91. The van der Waals surface area contributed by atoms with Crippen molar-refractivity contribution in [2.75, 3.05) is 24.7 Å². The molecule has 2 rings (SSSR count).